The van der Waals surface area contributed by atoms with Crippen molar-refractivity contribution in [3.05, 3.63) is 30.3 Å². The van der Waals surface area contributed by atoms with E-state index in [4.69, 9.17) is 0 Å². The number of anilines is 1. The molecule has 1 aromatic rings. The molecule has 0 aliphatic carbocycles. The lowest BCUT2D eigenvalue weighted by molar-refractivity contribution is 0.262. The molecule has 1 heterocycles. The molecule has 1 saturated heterocycles. The van der Waals surface area contributed by atoms with Gasteiger partial charge in [0, 0.05) is 45.0 Å². The van der Waals surface area contributed by atoms with Crippen molar-refractivity contribution in [2.24, 2.45) is 5.92 Å². The van der Waals surface area contributed by atoms with E-state index in [-0.39, 0.29) is 11.7 Å². The van der Waals surface area contributed by atoms with E-state index in [0.717, 1.165) is 32.7 Å². The number of nitrogens with one attached hydrogen (secondary N) is 1. The predicted octanol–water partition coefficient (Wildman–Crippen LogP) is 1.38. The molecule has 0 spiro atoms. The Balaban J connectivity index is 1.70. The third-order valence-electron chi connectivity index (χ3n) is 3.80. The summed E-state index contributed by atoms with van der Waals surface area (Å²) in [7, 11) is -3.12. The highest BCUT2D eigenvalue weighted by atomic mass is 32.2. The Kier molecular flexibility index (Phi) is 6.23. The zero-order chi connectivity index (χ0) is 16.0. The quantitative estimate of drug-likeness (QED) is 0.823. The molecule has 1 fully saturated rings. The smallest absolute Gasteiger partial charge is 0.211 e. The summed E-state index contributed by atoms with van der Waals surface area (Å²) in [5.41, 5.74) is 1.26. The van der Waals surface area contributed by atoms with E-state index >= 15 is 0 Å². The number of piperazine rings is 1. The molecule has 0 radical (unpaired) electrons. The molecular formula is C16H27N3O2S. The molecule has 0 amide bonds. The Morgan fingerprint density at radius 3 is 2.32 bits per heavy atom. The first-order valence-electron chi connectivity index (χ1n) is 7.96. The first-order valence-corrected chi connectivity index (χ1v) is 9.61. The van der Waals surface area contributed by atoms with E-state index in [9.17, 15) is 8.42 Å². The lowest BCUT2D eigenvalue weighted by Gasteiger charge is -2.36. The van der Waals surface area contributed by atoms with Gasteiger partial charge in [-0.1, -0.05) is 32.0 Å². The minimum atomic E-state index is -3.12. The lowest BCUT2D eigenvalue weighted by atomic mass is 10.2. The summed E-state index contributed by atoms with van der Waals surface area (Å²) in [5.74, 6) is 0.362. The molecule has 2 rings (SSSR count). The first kappa shape index (κ1) is 17.2. The average molecular weight is 325 g/mol. The lowest BCUT2D eigenvalue weighted by Crippen LogP contribution is -2.48. The van der Waals surface area contributed by atoms with Crippen molar-refractivity contribution in [1.29, 1.82) is 0 Å². The zero-order valence-corrected chi connectivity index (χ0v) is 14.3. The van der Waals surface area contributed by atoms with Gasteiger partial charge in [0.15, 0.2) is 0 Å². The van der Waals surface area contributed by atoms with Crippen LogP contribution in [0.25, 0.3) is 0 Å². The van der Waals surface area contributed by atoms with Crippen molar-refractivity contribution in [2.45, 2.75) is 13.8 Å². The maximum atomic E-state index is 11.8. The fraction of sp³-hybridized carbons (Fsp3) is 0.625. The van der Waals surface area contributed by atoms with Gasteiger partial charge >= 0.3 is 0 Å². The Labute approximate surface area is 134 Å². The van der Waals surface area contributed by atoms with Crippen LogP contribution in [0.2, 0.25) is 0 Å². The first-order chi connectivity index (χ1) is 10.5. The molecule has 1 aromatic carbocycles. The highest BCUT2D eigenvalue weighted by molar-refractivity contribution is 7.89. The standard InChI is InChI=1S/C16H27N3O2S/c1-15(2)14-22(20,21)17-8-9-18-10-12-19(13-11-18)16-6-4-3-5-7-16/h3-7,15,17H,8-14H2,1-2H3. The molecule has 0 atom stereocenters. The Bertz CT molecular complexity index is 538. The van der Waals surface area contributed by atoms with Gasteiger partial charge in [-0.25, -0.2) is 13.1 Å². The van der Waals surface area contributed by atoms with Crippen molar-refractivity contribution in [3.8, 4) is 0 Å². The van der Waals surface area contributed by atoms with E-state index in [0.29, 0.717) is 6.54 Å². The van der Waals surface area contributed by atoms with Crippen LogP contribution in [-0.2, 0) is 10.0 Å². The molecule has 124 valence electrons. The number of nitrogens with zero attached hydrogens (tertiary/aromatic N) is 2. The second-order valence-corrected chi connectivity index (χ2v) is 8.09. The van der Waals surface area contributed by atoms with Crippen LogP contribution in [0.4, 0.5) is 5.69 Å². The van der Waals surface area contributed by atoms with Crippen LogP contribution in [-0.4, -0.2) is 58.3 Å². The summed E-state index contributed by atoms with van der Waals surface area (Å²) in [6.07, 6.45) is 0. The van der Waals surface area contributed by atoms with E-state index < -0.39 is 10.0 Å². The number of para-hydroxylation sites is 1. The summed E-state index contributed by atoms with van der Waals surface area (Å²) in [4.78, 5) is 4.69. The minimum absolute atomic E-state index is 0.159. The van der Waals surface area contributed by atoms with Crippen LogP contribution in [0, 0.1) is 5.92 Å². The average Bonchev–Trinajstić information content (AvgIpc) is 2.47. The molecule has 5 nitrogen and oxygen atoms in total. The SMILES string of the molecule is CC(C)CS(=O)(=O)NCCN1CCN(c2ccccc2)CC1. The van der Waals surface area contributed by atoms with Crippen molar-refractivity contribution in [2.75, 3.05) is 49.9 Å². The molecule has 1 aliphatic heterocycles. The summed E-state index contributed by atoms with van der Waals surface area (Å²) in [6.45, 7) is 9.04. The number of sulfonamides is 1. The van der Waals surface area contributed by atoms with Gasteiger partial charge in [-0.05, 0) is 18.1 Å². The third-order valence-corrected chi connectivity index (χ3v) is 5.55. The van der Waals surface area contributed by atoms with Gasteiger partial charge in [0.25, 0.3) is 0 Å². The Hall–Kier alpha value is -1.11. The predicted molar refractivity (Wildman–Crippen MR) is 91.7 cm³/mol. The van der Waals surface area contributed by atoms with Gasteiger partial charge in [0.1, 0.15) is 0 Å². The molecule has 1 N–H and O–H groups in total. The molecule has 22 heavy (non-hydrogen) atoms. The van der Waals surface area contributed by atoms with E-state index in [1.165, 1.54) is 5.69 Å². The van der Waals surface area contributed by atoms with Crippen molar-refractivity contribution in [3.63, 3.8) is 0 Å². The highest BCUT2D eigenvalue weighted by Crippen LogP contribution is 2.15. The number of benzene rings is 1. The van der Waals surface area contributed by atoms with Gasteiger partial charge in [-0.3, -0.25) is 4.90 Å². The highest BCUT2D eigenvalue weighted by Gasteiger charge is 2.18. The summed E-state index contributed by atoms with van der Waals surface area (Å²) in [5, 5.41) is 0. The summed E-state index contributed by atoms with van der Waals surface area (Å²) in [6, 6.07) is 10.4. The van der Waals surface area contributed by atoms with Crippen LogP contribution in [0.3, 0.4) is 0 Å². The molecule has 6 heteroatoms. The Morgan fingerprint density at radius 1 is 1.09 bits per heavy atom. The third kappa shape index (κ3) is 5.59. The van der Waals surface area contributed by atoms with Crippen LogP contribution >= 0.6 is 0 Å². The molecule has 1 aliphatic rings. The number of rotatable bonds is 7. The van der Waals surface area contributed by atoms with Crippen molar-refractivity contribution < 1.29 is 8.42 Å². The molecule has 0 unspecified atom stereocenters. The topological polar surface area (TPSA) is 52.7 Å². The van der Waals surface area contributed by atoms with Gasteiger partial charge in [-0.15, -0.1) is 0 Å². The molecule has 0 saturated carbocycles. The van der Waals surface area contributed by atoms with Gasteiger partial charge in [-0.2, -0.15) is 0 Å². The van der Waals surface area contributed by atoms with Crippen molar-refractivity contribution in [1.82, 2.24) is 9.62 Å². The van der Waals surface area contributed by atoms with E-state index in [1.807, 2.05) is 19.9 Å². The summed E-state index contributed by atoms with van der Waals surface area (Å²) >= 11 is 0. The fourth-order valence-electron chi connectivity index (χ4n) is 2.73. The number of hydrogen-bond donors (Lipinski definition) is 1. The second kappa shape index (κ2) is 7.94. The summed E-state index contributed by atoms with van der Waals surface area (Å²) < 4.78 is 26.3. The maximum Gasteiger partial charge on any atom is 0.211 e. The minimum Gasteiger partial charge on any atom is -0.369 e. The largest absolute Gasteiger partial charge is 0.369 e. The van der Waals surface area contributed by atoms with Gasteiger partial charge in [0.05, 0.1) is 5.75 Å². The normalized spacial score (nSPS) is 17.1. The van der Waals surface area contributed by atoms with Crippen LogP contribution in [0.15, 0.2) is 30.3 Å². The second-order valence-electron chi connectivity index (χ2n) is 6.23. The monoisotopic (exact) mass is 325 g/mol. The maximum absolute atomic E-state index is 11.8. The van der Waals surface area contributed by atoms with Crippen LogP contribution in [0.1, 0.15) is 13.8 Å². The van der Waals surface area contributed by atoms with Gasteiger partial charge in [0.2, 0.25) is 10.0 Å². The molecular weight excluding hydrogens is 298 g/mol. The fourth-order valence-corrected chi connectivity index (χ4v) is 4.12. The Morgan fingerprint density at radius 2 is 1.73 bits per heavy atom. The van der Waals surface area contributed by atoms with Crippen molar-refractivity contribution >= 4 is 15.7 Å². The van der Waals surface area contributed by atoms with E-state index in [1.54, 1.807) is 0 Å². The van der Waals surface area contributed by atoms with E-state index in [2.05, 4.69) is 38.8 Å². The van der Waals surface area contributed by atoms with Crippen LogP contribution < -0.4 is 9.62 Å². The van der Waals surface area contributed by atoms with Gasteiger partial charge < -0.3 is 4.90 Å². The zero-order valence-electron chi connectivity index (χ0n) is 13.5. The van der Waals surface area contributed by atoms with Crippen LogP contribution in [0.5, 0.6) is 0 Å². The molecule has 0 aromatic heterocycles. The number of hydrogen-bond acceptors (Lipinski definition) is 4. The molecule has 0 bridgehead atoms.